The van der Waals surface area contributed by atoms with Crippen molar-refractivity contribution in [1.82, 2.24) is 15.1 Å². The molecule has 3 aromatic rings. The zero-order valence-corrected chi connectivity index (χ0v) is 19.0. The van der Waals surface area contributed by atoms with Crippen LogP contribution >= 0.6 is 0 Å². The molecule has 0 amide bonds. The van der Waals surface area contributed by atoms with Crippen molar-refractivity contribution in [2.24, 2.45) is 7.05 Å². The maximum atomic E-state index is 12.9. The number of hydrogen-bond acceptors (Lipinski definition) is 4. The number of nitrogens with zero attached hydrogens (tertiary/aromatic N) is 2. The molecule has 1 heterocycles. The summed E-state index contributed by atoms with van der Waals surface area (Å²) in [4.78, 5) is 11.3. The van der Waals surface area contributed by atoms with Crippen LogP contribution in [0.3, 0.4) is 0 Å². The van der Waals surface area contributed by atoms with Gasteiger partial charge in [0.15, 0.2) is 5.60 Å². The molecule has 0 saturated heterocycles. The van der Waals surface area contributed by atoms with Gasteiger partial charge in [-0.15, -0.1) is 0 Å². The van der Waals surface area contributed by atoms with Crippen LogP contribution in [0.5, 0.6) is 5.75 Å². The summed E-state index contributed by atoms with van der Waals surface area (Å²) in [6.07, 6.45) is -4.39. The maximum absolute atomic E-state index is 12.9. The number of carbonyl (C=O) groups is 1. The normalized spacial score (nSPS) is 14.1. The molecule has 0 aliphatic heterocycles. The fourth-order valence-electron chi connectivity index (χ4n) is 3.52. The van der Waals surface area contributed by atoms with E-state index >= 15 is 0 Å². The Morgan fingerprint density at radius 2 is 1.55 bits per heavy atom. The molecule has 3 rings (SSSR count). The molecule has 0 spiro atoms. The predicted octanol–water partition coefficient (Wildman–Crippen LogP) is 4.83. The van der Waals surface area contributed by atoms with E-state index in [2.05, 4.69) is 10.4 Å². The molecule has 0 aliphatic rings. The summed E-state index contributed by atoms with van der Waals surface area (Å²) in [7, 11) is 3.56. The zero-order chi connectivity index (χ0) is 24.6. The van der Waals surface area contributed by atoms with Crippen LogP contribution in [0.15, 0.2) is 54.6 Å². The Bertz CT molecular complexity index is 1140. The fraction of sp³-hybridized carbons (Fsp3) is 0.333. The van der Waals surface area contributed by atoms with Crippen molar-refractivity contribution in [2.45, 2.75) is 38.1 Å². The Balaban J connectivity index is 1.92. The van der Waals surface area contributed by atoms with Crippen LogP contribution in [0.25, 0.3) is 11.3 Å². The number of aryl methyl sites for hydroxylation is 1. The molecule has 0 saturated carbocycles. The number of nitrogens with one attached hydrogen (secondary N) is 1. The molecule has 33 heavy (non-hydrogen) atoms. The number of carboxylic acid groups (broad SMARTS) is 1. The number of ether oxygens (including phenoxy) is 1. The summed E-state index contributed by atoms with van der Waals surface area (Å²) in [6, 6.07) is 13.8. The van der Waals surface area contributed by atoms with Crippen LogP contribution in [-0.4, -0.2) is 33.5 Å². The van der Waals surface area contributed by atoms with Gasteiger partial charge in [-0.05, 0) is 63.7 Å². The Hall–Kier alpha value is -3.33. The number of halogens is 3. The van der Waals surface area contributed by atoms with Gasteiger partial charge in [-0.25, -0.2) is 4.79 Å². The van der Waals surface area contributed by atoms with Crippen LogP contribution in [0.2, 0.25) is 0 Å². The topological polar surface area (TPSA) is 76.4 Å². The highest BCUT2D eigenvalue weighted by Crippen LogP contribution is 2.34. The molecule has 1 unspecified atom stereocenters. The van der Waals surface area contributed by atoms with E-state index in [-0.39, 0.29) is 0 Å². The lowest BCUT2D eigenvalue weighted by molar-refractivity contribution is -0.152. The van der Waals surface area contributed by atoms with Crippen molar-refractivity contribution >= 4 is 5.97 Å². The first-order chi connectivity index (χ1) is 15.3. The summed E-state index contributed by atoms with van der Waals surface area (Å²) in [6.45, 7) is 4.90. The lowest BCUT2D eigenvalue weighted by atomic mass is 9.88. The van der Waals surface area contributed by atoms with Gasteiger partial charge >= 0.3 is 12.1 Å². The van der Waals surface area contributed by atoms with Gasteiger partial charge in [0.1, 0.15) is 5.75 Å². The number of carboxylic acids is 1. The van der Waals surface area contributed by atoms with E-state index in [0.29, 0.717) is 17.0 Å². The summed E-state index contributed by atoms with van der Waals surface area (Å²) < 4.78 is 45.9. The number of alkyl halides is 3. The van der Waals surface area contributed by atoms with Crippen LogP contribution in [0.4, 0.5) is 13.2 Å². The Morgan fingerprint density at radius 3 is 2.03 bits per heavy atom. The van der Waals surface area contributed by atoms with Crippen LogP contribution in [0, 0.1) is 0 Å². The summed E-state index contributed by atoms with van der Waals surface area (Å²) >= 11 is 0. The summed E-state index contributed by atoms with van der Waals surface area (Å²) in [5.41, 5.74) is 0.00988. The van der Waals surface area contributed by atoms with Crippen molar-refractivity contribution in [3.63, 3.8) is 0 Å². The maximum Gasteiger partial charge on any atom is 0.416 e. The first-order valence-corrected chi connectivity index (χ1v) is 10.2. The van der Waals surface area contributed by atoms with Crippen molar-refractivity contribution in [3.05, 3.63) is 71.4 Å². The van der Waals surface area contributed by atoms with Gasteiger partial charge in [-0.1, -0.05) is 24.3 Å². The minimum atomic E-state index is -4.39. The molecule has 2 N–H and O–H groups in total. The third-order valence-corrected chi connectivity index (χ3v) is 5.72. The second-order valence-corrected chi connectivity index (χ2v) is 8.43. The van der Waals surface area contributed by atoms with Gasteiger partial charge in [-0.3, -0.25) is 4.68 Å². The number of aromatic nitrogens is 2. The van der Waals surface area contributed by atoms with E-state index in [1.807, 2.05) is 25.1 Å². The van der Waals surface area contributed by atoms with Crippen LogP contribution < -0.4 is 10.1 Å². The number of benzene rings is 2. The first kappa shape index (κ1) is 24.3. The Morgan fingerprint density at radius 1 is 1.00 bits per heavy atom. The molecule has 176 valence electrons. The van der Waals surface area contributed by atoms with Crippen LogP contribution in [0.1, 0.15) is 37.6 Å². The third-order valence-electron chi connectivity index (χ3n) is 5.72. The molecule has 0 bridgehead atoms. The fourth-order valence-corrected chi connectivity index (χ4v) is 3.52. The molecule has 1 aromatic heterocycles. The van der Waals surface area contributed by atoms with E-state index in [9.17, 15) is 23.1 Å². The first-order valence-electron chi connectivity index (χ1n) is 10.2. The van der Waals surface area contributed by atoms with E-state index in [1.54, 1.807) is 30.9 Å². The highest BCUT2D eigenvalue weighted by Gasteiger charge is 2.33. The van der Waals surface area contributed by atoms with Crippen molar-refractivity contribution in [1.29, 1.82) is 0 Å². The van der Waals surface area contributed by atoms with Crippen molar-refractivity contribution in [2.75, 3.05) is 7.05 Å². The minimum absolute atomic E-state index is 0.417. The second kappa shape index (κ2) is 8.55. The molecule has 0 aliphatic carbocycles. The monoisotopic (exact) mass is 461 g/mol. The van der Waals surface area contributed by atoms with Crippen molar-refractivity contribution in [3.8, 4) is 17.0 Å². The largest absolute Gasteiger partial charge is 0.478 e. The third kappa shape index (κ3) is 4.88. The van der Waals surface area contributed by atoms with E-state index in [0.717, 1.165) is 23.4 Å². The lowest BCUT2D eigenvalue weighted by Gasteiger charge is -2.30. The molecule has 6 nitrogen and oxygen atoms in total. The predicted molar refractivity (Wildman–Crippen MR) is 118 cm³/mol. The lowest BCUT2D eigenvalue weighted by Crippen LogP contribution is -2.40. The number of rotatable bonds is 7. The molecule has 0 radical (unpaired) electrons. The van der Waals surface area contributed by atoms with Gasteiger partial charge in [0.05, 0.1) is 22.5 Å². The molecule has 0 fully saturated rings. The molecular formula is C24H26F3N3O3. The van der Waals surface area contributed by atoms with Crippen LogP contribution in [-0.2, 0) is 23.6 Å². The second-order valence-electron chi connectivity index (χ2n) is 8.43. The Labute approximate surface area is 190 Å². The molecule has 9 heteroatoms. The average Bonchev–Trinajstić information content (AvgIpc) is 3.15. The number of aliphatic carboxylic acids is 1. The highest BCUT2D eigenvalue weighted by molar-refractivity contribution is 5.76. The minimum Gasteiger partial charge on any atom is -0.478 e. The Kier molecular flexibility index (Phi) is 6.30. The molecular weight excluding hydrogens is 435 g/mol. The quantitative estimate of drug-likeness (QED) is 0.527. The van der Waals surface area contributed by atoms with Gasteiger partial charge in [0.25, 0.3) is 0 Å². The molecule has 1 atom stereocenters. The van der Waals surface area contributed by atoms with Gasteiger partial charge in [-0.2, -0.15) is 18.3 Å². The smallest absolute Gasteiger partial charge is 0.416 e. The summed E-state index contributed by atoms with van der Waals surface area (Å²) in [5.74, 6) is -0.655. The summed E-state index contributed by atoms with van der Waals surface area (Å²) in [5, 5.41) is 17.0. The van der Waals surface area contributed by atoms with Gasteiger partial charge in [0, 0.05) is 12.6 Å². The standard InChI is InChI=1S/C24H26F3N3O3/c1-22(2,21(31)32)33-18-12-10-16(11-13-18)23(3,28-4)20-14-19(29-30(20)5)15-6-8-17(9-7-15)24(25,26)27/h6-14,28H,1-5H3,(H,31,32). The van der Waals surface area contributed by atoms with Crippen molar-refractivity contribution < 1.29 is 27.8 Å². The molecule has 2 aromatic carbocycles. The van der Waals surface area contributed by atoms with E-state index in [1.165, 1.54) is 26.0 Å². The average molecular weight is 461 g/mol. The van der Waals surface area contributed by atoms with E-state index in [4.69, 9.17) is 4.74 Å². The van der Waals surface area contributed by atoms with Gasteiger partial charge < -0.3 is 15.2 Å². The van der Waals surface area contributed by atoms with Gasteiger partial charge in [0.2, 0.25) is 0 Å². The highest BCUT2D eigenvalue weighted by atomic mass is 19.4. The number of hydrogen-bond donors (Lipinski definition) is 2. The SMILES string of the molecule is CNC(C)(c1ccc(OC(C)(C)C(=O)O)cc1)c1cc(-c2ccc(C(F)(F)F)cc2)nn1C. The van der Waals surface area contributed by atoms with E-state index < -0.39 is 28.8 Å². The zero-order valence-electron chi connectivity index (χ0n) is 19.0.